The van der Waals surface area contributed by atoms with E-state index < -0.39 is 10.0 Å². The monoisotopic (exact) mass is 381 g/mol. The fourth-order valence-electron chi connectivity index (χ4n) is 2.44. The van der Waals surface area contributed by atoms with E-state index in [9.17, 15) is 8.42 Å². The predicted molar refractivity (Wildman–Crippen MR) is 99.6 cm³/mol. The van der Waals surface area contributed by atoms with Gasteiger partial charge >= 0.3 is 0 Å². The molecule has 0 amide bonds. The van der Waals surface area contributed by atoms with Gasteiger partial charge in [0.1, 0.15) is 17.2 Å². The molecule has 0 heterocycles. The van der Waals surface area contributed by atoms with E-state index in [0.717, 1.165) is 11.2 Å². The Hall–Kier alpha value is -2.61. The second-order valence-electron chi connectivity index (χ2n) is 5.42. The first-order chi connectivity index (χ1) is 12.4. The number of rotatable bonds is 8. The molecular weight excluding hydrogens is 358 g/mol. The molecule has 0 bridgehead atoms. The molecule has 0 saturated carbocycles. The molecule has 1 N–H and O–H groups in total. The molecule has 26 heavy (non-hydrogen) atoms. The predicted octanol–water partition coefficient (Wildman–Crippen LogP) is 2.81. The summed E-state index contributed by atoms with van der Waals surface area (Å²) in [7, 11) is 2.42. The summed E-state index contributed by atoms with van der Waals surface area (Å²) in [5, 5.41) is 1.08. The molecular formula is C18H23NO6S. The highest BCUT2D eigenvalue weighted by atomic mass is 32.2. The first-order valence-electron chi connectivity index (χ1n) is 7.87. The number of methoxy groups -OCH3 is 4. The molecule has 0 atom stereocenters. The zero-order valence-corrected chi connectivity index (χ0v) is 16.1. The van der Waals surface area contributed by atoms with Crippen LogP contribution in [0.4, 0.5) is 0 Å². The van der Waals surface area contributed by atoms with E-state index in [1.54, 1.807) is 31.4 Å². The molecule has 8 heteroatoms. The van der Waals surface area contributed by atoms with E-state index in [1.165, 1.54) is 27.4 Å². The van der Waals surface area contributed by atoms with Crippen molar-refractivity contribution in [3.8, 4) is 17.2 Å². The molecule has 142 valence electrons. The van der Waals surface area contributed by atoms with Gasteiger partial charge in [-0.2, -0.15) is 0 Å². The van der Waals surface area contributed by atoms with Crippen LogP contribution in [0.15, 0.2) is 41.1 Å². The molecule has 0 spiro atoms. The lowest BCUT2D eigenvalue weighted by Crippen LogP contribution is -2.21. The van der Waals surface area contributed by atoms with Crippen LogP contribution in [0.3, 0.4) is 0 Å². The molecule has 0 aliphatic heterocycles. The van der Waals surface area contributed by atoms with Crippen molar-refractivity contribution in [3.05, 3.63) is 46.7 Å². The van der Waals surface area contributed by atoms with Crippen molar-refractivity contribution in [1.29, 1.82) is 0 Å². The number of nitrogens with one attached hydrogen (secondary N) is 1. The average molecular weight is 381 g/mol. The minimum absolute atomic E-state index is 0.442. The van der Waals surface area contributed by atoms with E-state index in [4.69, 9.17) is 18.9 Å². The number of benzene rings is 1. The molecule has 1 aliphatic rings. The molecule has 7 nitrogen and oxygen atoms in total. The van der Waals surface area contributed by atoms with Crippen LogP contribution in [0.2, 0.25) is 0 Å². The summed E-state index contributed by atoms with van der Waals surface area (Å²) in [5.41, 5.74) is 1.10. The molecule has 0 radical (unpaired) electrons. The third-order valence-corrected chi connectivity index (χ3v) is 4.85. The maximum Gasteiger partial charge on any atom is 0.254 e. The summed E-state index contributed by atoms with van der Waals surface area (Å²) in [5.74, 6) is 2.25. The van der Waals surface area contributed by atoms with Crippen molar-refractivity contribution >= 4 is 16.1 Å². The second kappa shape index (κ2) is 8.66. The summed E-state index contributed by atoms with van der Waals surface area (Å²) in [6, 6.07) is 3.31. The first kappa shape index (κ1) is 19.7. The first-order valence-corrected chi connectivity index (χ1v) is 9.41. The molecule has 1 aromatic carbocycles. The Kier molecular flexibility index (Phi) is 6.57. The van der Waals surface area contributed by atoms with Crippen molar-refractivity contribution in [3.63, 3.8) is 0 Å². The number of allylic oxidation sites excluding steroid dienone is 4. The van der Waals surface area contributed by atoms with Gasteiger partial charge in [-0.25, -0.2) is 8.42 Å². The van der Waals surface area contributed by atoms with Crippen LogP contribution in [0.1, 0.15) is 18.4 Å². The Balaban J connectivity index is 2.25. The van der Waals surface area contributed by atoms with Gasteiger partial charge in [0.2, 0.25) is 0 Å². The number of hydrogen-bond donors (Lipinski definition) is 1. The van der Waals surface area contributed by atoms with Crippen molar-refractivity contribution in [2.75, 3.05) is 28.4 Å². The zero-order valence-electron chi connectivity index (χ0n) is 15.2. The third-order valence-electron chi connectivity index (χ3n) is 3.81. The van der Waals surface area contributed by atoms with Crippen molar-refractivity contribution in [1.82, 2.24) is 4.72 Å². The number of hydrogen-bond acceptors (Lipinski definition) is 6. The van der Waals surface area contributed by atoms with Crippen LogP contribution < -0.4 is 18.9 Å². The summed E-state index contributed by atoms with van der Waals surface area (Å²) < 4.78 is 48.2. The highest BCUT2D eigenvalue weighted by Crippen LogP contribution is 2.35. The van der Waals surface area contributed by atoms with Gasteiger partial charge in [0.05, 0.1) is 45.2 Å². The number of ether oxygens (including phenoxy) is 4. The Morgan fingerprint density at radius 3 is 2.04 bits per heavy atom. The molecule has 0 saturated heterocycles. The standard InChI is InChI=1S/C18H23NO6S/c1-22-14-7-5-13(6-8-14)19-26(20,21)10-9-16-17(24-3)11-15(23-2)12-18(16)25-4/h5,7,9-12,19H,6,8H2,1-4H3/b10-9+. The lowest BCUT2D eigenvalue weighted by Gasteiger charge is -2.15. The highest BCUT2D eigenvalue weighted by Gasteiger charge is 2.15. The van der Waals surface area contributed by atoms with Crippen LogP contribution in [0, 0.1) is 0 Å². The number of sulfonamides is 1. The van der Waals surface area contributed by atoms with Crippen LogP contribution in [-0.4, -0.2) is 36.9 Å². The highest BCUT2D eigenvalue weighted by molar-refractivity contribution is 7.92. The van der Waals surface area contributed by atoms with Gasteiger partial charge < -0.3 is 18.9 Å². The normalized spacial score (nSPS) is 14.5. The van der Waals surface area contributed by atoms with Crippen LogP contribution in [0.25, 0.3) is 6.08 Å². The van der Waals surface area contributed by atoms with Gasteiger partial charge in [0, 0.05) is 24.3 Å². The summed E-state index contributed by atoms with van der Waals surface area (Å²) in [6.07, 6.45) is 6.08. The lowest BCUT2D eigenvalue weighted by molar-refractivity contribution is 0.275. The van der Waals surface area contributed by atoms with Crippen molar-refractivity contribution in [2.45, 2.75) is 12.8 Å². The van der Waals surface area contributed by atoms with Gasteiger partial charge in [-0.1, -0.05) is 0 Å². The Morgan fingerprint density at radius 1 is 0.923 bits per heavy atom. The van der Waals surface area contributed by atoms with Gasteiger partial charge in [-0.15, -0.1) is 0 Å². The van der Waals surface area contributed by atoms with E-state index in [-0.39, 0.29) is 0 Å². The molecule has 0 aromatic heterocycles. The maximum absolute atomic E-state index is 12.3. The molecule has 0 fully saturated rings. The fraction of sp³-hybridized carbons (Fsp3) is 0.333. The largest absolute Gasteiger partial charge is 0.501 e. The van der Waals surface area contributed by atoms with Gasteiger partial charge in [0.25, 0.3) is 10.0 Å². The molecule has 2 rings (SSSR count). The van der Waals surface area contributed by atoms with E-state index in [2.05, 4.69) is 4.72 Å². The van der Waals surface area contributed by atoms with Gasteiger partial charge in [0.15, 0.2) is 0 Å². The average Bonchev–Trinajstić information content (AvgIpc) is 2.65. The molecule has 1 aliphatic carbocycles. The van der Waals surface area contributed by atoms with Gasteiger partial charge in [-0.05, 0) is 24.6 Å². The minimum atomic E-state index is -3.68. The van der Waals surface area contributed by atoms with Crippen molar-refractivity contribution < 1.29 is 27.4 Å². The Bertz CT molecular complexity index is 814. The zero-order chi connectivity index (χ0) is 19.2. The van der Waals surface area contributed by atoms with E-state index in [0.29, 0.717) is 41.4 Å². The topological polar surface area (TPSA) is 83.1 Å². The van der Waals surface area contributed by atoms with Crippen LogP contribution in [-0.2, 0) is 14.8 Å². The van der Waals surface area contributed by atoms with Crippen LogP contribution in [0.5, 0.6) is 17.2 Å². The quantitative estimate of drug-likeness (QED) is 0.746. The SMILES string of the molecule is COC1=CC=C(NS(=O)(=O)/C=C/c2c(OC)cc(OC)cc2OC)CC1. The van der Waals surface area contributed by atoms with Crippen molar-refractivity contribution in [2.24, 2.45) is 0 Å². The summed E-state index contributed by atoms with van der Waals surface area (Å²) in [4.78, 5) is 0. The van der Waals surface area contributed by atoms with E-state index in [1.807, 2.05) is 0 Å². The Morgan fingerprint density at radius 2 is 1.58 bits per heavy atom. The van der Waals surface area contributed by atoms with Crippen LogP contribution >= 0.6 is 0 Å². The summed E-state index contributed by atoms with van der Waals surface area (Å²) in [6.45, 7) is 0. The lowest BCUT2D eigenvalue weighted by atomic mass is 10.1. The Labute approximate surface area is 154 Å². The molecule has 0 unspecified atom stereocenters. The minimum Gasteiger partial charge on any atom is -0.501 e. The summed E-state index contributed by atoms with van der Waals surface area (Å²) >= 11 is 0. The maximum atomic E-state index is 12.3. The second-order valence-corrected chi connectivity index (χ2v) is 6.99. The van der Waals surface area contributed by atoms with Gasteiger partial charge in [-0.3, -0.25) is 4.72 Å². The third kappa shape index (κ3) is 4.95. The fourth-order valence-corrected chi connectivity index (χ4v) is 3.36. The molecule has 1 aromatic rings. The smallest absolute Gasteiger partial charge is 0.254 e. The van der Waals surface area contributed by atoms with E-state index >= 15 is 0 Å².